The van der Waals surface area contributed by atoms with E-state index >= 15 is 0 Å². The maximum Gasteiger partial charge on any atom is 0.227 e. The van der Waals surface area contributed by atoms with Crippen molar-refractivity contribution in [2.75, 3.05) is 37.7 Å². The molecular formula is C27H31F2N5O2. The molecule has 2 N–H and O–H groups in total. The van der Waals surface area contributed by atoms with Gasteiger partial charge in [0.05, 0.1) is 36.2 Å². The number of benzene rings is 2. The third-order valence-electron chi connectivity index (χ3n) is 7.06. The quantitative estimate of drug-likeness (QED) is 0.446. The molecule has 5 rings (SSSR count). The van der Waals surface area contributed by atoms with E-state index in [0.29, 0.717) is 42.6 Å². The number of alkyl halides is 1. The van der Waals surface area contributed by atoms with Gasteiger partial charge < -0.3 is 19.9 Å². The highest BCUT2D eigenvalue weighted by Gasteiger charge is 2.39. The lowest BCUT2D eigenvalue weighted by atomic mass is 10.2. The van der Waals surface area contributed by atoms with E-state index in [1.54, 1.807) is 18.2 Å². The Hall–Kier alpha value is -3.30. The molecule has 2 unspecified atom stereocenters. The molecule has 1 amide bonds. The van der Waals surface area contributed by atoms with Gasteiger partial charge in [-0.1, -0.05) is 18.2 Å². The summed E-state index contributed by atoms with van der Waals surface area (Å²) in [5.41, 5.74) is 2.81. The minimum absolute atomic E-state index is 0.0762. The van der Waals surface area contributed by atoms with Gasteiger partial charge in [0.2, 0.25) is 5.91 Å². The lowest BCUT2D eigenvalue weighted by Crippen LogP contribution is -2.45. The predicted octanol–water partition coefficient (Wildman–Crippen LogP) is 3.36. The van der Waals surface area contributed by atoms with Crippen molar-refractivity contribution < 1.29 is 18.3 Å². The van der Waals surface area contributed by atoms with E-state index in [1.165, 1.54) is 12.1 Å². The number of aromatic nitrogens is 2. The van der Waals surface area contributed by atoms with Crippen molar-refractivity contribution in [1.82, 2.24) is 20.2 Å². The molecular weight excluding hydrogens is 464 g/mol. The van der Waals surface area contributed by atoms with Gasteiger partial charge in [-0.05, 0) is 36.8 Å². The van der Waals surface area contributed by atoms with E-state index in [1.807, 2.05) is 18.2 Å². The van der Waals surface area contributed by atoms with E-state index in [0.717, 1.165) is 30.7 Å². The number of anilines is 1. The Morgan fingerprint density at radius 1 is 1.22 bits per heavy atom. The molecule has 0 radical (unpaired) electrons. The van der Waals surface area contributed by atoms with Gasteiger partial charge in [0.15, 0.2) is 0 Å². The topological polar surface area (TPSA) is 73.5 Å². The number of hydrogen-bond acceptors (Lipinski definition) is 5. The van der Waals surface area contributed by atoms with Crippen LogP contribution >= 0.6 is 0 Å². The Bertz CT molecular complexity index is 1210. The molecule has 7 nitrogen and oxygen atoms in total. The van der Waals surface area contributed by atoms with E-state index in [4.69, 9.17) is 4.74 Å². The number of para-hydroxylation sites is 1. The van der Waals surface area contributed by atoms with Crippen LogP contribution in [0.25, 0.3) is 11.0 Å². The normalized spacial score (nSPS) is 22.4. The first-order valence-electron chi connectivity index (χ1n) is 12.3. The second-order valence-corrected chi connectivity index (χ2v) is 9.46. The van der Waals surface area contributed by atoms with Gasteiger partial charge in [0.1, 0.15) is 18.3 Å². The summed E-state index contributed by atoms with van der Waals surface area (Å²) in [6, 6.07) is 12.1. The maximum absolute atomic E-state index is 13.3. The second kappa shape index (κ2) is 10.8. The van der Waals surface area contributed by atoms with E-state index in [9.17, 15) is 13.6 Å². The molecule has 9 heteroatoms. The third-order valence-corrected chi connectivity index (χ3v) is 7.06. The van der Waals surface area contributed by atoms with Crippen LogP contribution in [0.4, 0.5) is 14.5 Å². The number of likely N-dealkylation sites (tertiary alicyclic amines) is 1. The third kappa shape index (κ3) is 5.27. The summed E-state index contributed by atoms with van der Waals surface area (Å²) in [7, 11) is 0. The molecule has 190 valence electrons. The van der Waals surface area contributed by atoms with Crippen molar-refractivity contribution in [3.63, 3.8) is 0 Å². The monoisotopic (exact) mass is 495 g/mol. The van der Waals surface area contributed by atoms with Crippen molar-refractivity contribution in [3.8, 4) is 0 Å². The van der Waals surface area contributed by atoms with Gasteiger partial charge in [-0.25, -0.2) is 13.8 Å². The molecule has 2 fully saturated rings. The zero-order valence-electron chi connectivity index (χ0n) is 20.1. The summed E-state index contributed by atoms with van der Waals surface area (Å²) < 4.78 is 32.6. The molecule has 2 aliphatic heterocycles. The number of nitrogens with one attached hydrogen (secondary N) is 2. The Kier molecular flexibility index (Phi) is 7.29. The van der Waals surface area contributed by atoms with Crippen LogP contribution in [-0.2, 0) is 22.6 Å². The van der Waals surface area contributed by atoms with Crippen molar-refractivity contribution in [2.45, 2.75) is 37.7 Å². The number of nitrogens with zero attached hydrogens (tertiary/aromatic N) is 3. The Labute approximate surface area is 209 Å². The summed E-state index contributed by atoms with van der Waals surface area (Å²) in [6.45, 7) is 6.69. The van der Waals surface area contributed by atoms with E-state index in [-0.39, 0.29) is 30.3 Å². The van der Waals surface area contributed by atoms with Crippen LogP contribution in [0.2, 0.25) is 0 Å². The zero-order valence-corrected chi connectivity index (χ0v) is 20.1. The highest BCUT2D eigenvalue weighted by atomic mass is 19.1. The highest BCUT2D eigenvalue weighted by molar-refractivity contribution is 5.82. The lowest BCUT2D eigenvalue weighted by Gasteiger charge is -2.25. The van der Waals surface area contributed by atoms with Gasteiger partial charge >= 0.3 is 0 Å². The van der Waals surface area contributed by atoms with E-state index < -0.39 is 6.67 Å². The van der Waals surface area contributed by atoms with Crippen molar-refractivity contribution in [2.24, 2.45) is 0 Å². The number of halogens is 2. The van der Waals surface area contributed by atoms with Crippen LogP contribution in [-0.4, -0.2) is 71.7 Å². The van der Waals surface area contributed by atoms with Crippen LogP contribution in [0.5, 0.6) is 0 Å². The molecule has 2 aliphatic rings. The molecule has 2 saturated heterocycles. The minimum atomic E-state index is -0.603. The first-order chi connectivity index (χ1) is 17.5. The first-order valence-corrected chi connectivity index (χ1v) is 12.3. The highest BCUT2D eigenvalue weighted by Crippen LogP contribution is 2.27. The van der Waals surface area contributed by atoms with Crippen molar-refractivity contribution in [1.29, 1.82) is 0 Å². The van der Waals surface area contributed by atoms with Crippen LogP contribution in [0.1, 0.15) is 17.8 Å². The molecule has 36 heavy (non-hydrogen) atoms. The molecule has 0 aliphatic carbocycles. The number of H-pyrrole nitrogens is 1. The van der Waals surface area contributed by atoms with Gasteiger partial charge in [-0.3, -0.25) is 9.69 Å². The molecule has 3 heterocycles. The van der Waals surface area contributed by atoms with Gasteiger partial charge in [-0.2, -0.15) is 0 Å². The molecule has 0 bridgehead atoms. The fourth-order valence-electron chi connectivity index (χ4n) is 5.27. The number of hydrogen-bond donors (Lipinski definition) is 2. The van der Waals surface area contributed by atoms with Gasteiger partial charge in [0, 0.05) is 43.5 Å². The molecule has 0 saturated carbocycles. The molecule has 2 aromatic carbocycles. The molecule has 0 spiro atoms. The number of carbonyl (C=O) groups is 1. The number of aromatic amines is 1. The fourth-order valence-corrected chi connectivity index (χ4v) is 5.27. The van der Waals surface area contributed by atoms with Gasteiger partial charge in [0.25, 0.3) is 0 Å². The SMILES string of the molecule is C=CCO[C@H]1CN(C2CCN(c3ccc(F)cc3)C2)CC1NC(=O)Cc1nc2c(CF)cccc2[nH]1. The first kappa shape index (κ1) is 24.4. The molecule has 1 aromatic heterocycles. The van der Waals surface area contributed by atoms with Crippen molar-refractivity contribution in [3.05, 3.63) is 72.3 Å². The molecule has 3 atom stereocenters. The zero-order chi connectivity index (χ0) is 25.1. The number of rotatable bonds is 9. The average molecular weight is 496 g/mol. The van der Waals surface area contributed by atoms with Crippen LogP contribution in [0.15, 0.2) is 55.1 Å². The number of imidazole rings is 1. The smallest absolute Gasteiger partial charge is 0.227 e. The fraction of sp³-hybridized carbons (Fsp3) is 0.407. The predicted molar refractivity (Wildman–Crippen MR) is 135 cm³/mol. The van der Waals surface area contributed by atoms with Crippen LogP contribution in [0, 0.1) is 5.82 Å². The Morgan fingerprint density at radius 3 is 2.83 bits per heavy atom. The summed E-state index contributed by atoms with van der Waals surface area (Å²) >= 11 is 0. The van der Waals surface area contributed by atoms with Crippen LogP contribution < -0.4 is 10.2 Å². The molecule has 3 aromatic rings. The Balaban J connectivity index is 1.22. The van der Waals surface area contributed by atoms with E-state index in [2.05, 4.69) is 31.7 Å². The summed E-state index contributed by atoms with van der Waals surface area (Å²) in [5.74, 6) is 0.113. The Morgan fingerprint density at radius 2 is 2.06 bits per heavy atom. The summed E-state index contributed by atoms with van der Waals surface area (Å²) in [5, 5.41) is 3.13. The second-order valence-electron chi connectivity index (χ2n) is 9.46. The van der Waals surface area contributed by atoms with Crippen molar-refractivity contribution >= 4 is 22.6 Å². The number of ether oxygens (including phenoxy) is 1. The van der Waals surface area contributed by atoms with Crippen LogP contribution in [0.3, 0.4) is 0 Å². The standard InChI is InChI=1S/C27H31F2N5O2/c1-2-12-36-24-17-34(21-10-11-33(15-21)20-8-6-19(29)7-9-20)16-23(24)31-26(35)13-25-30-22-5-3-4-18(14-28)27(22)32-25/h2-9,21,23-24H,1,10-17H2,(H,30,32)(H,31,35)/t21?,23?,24-/m0/s1. The number of fused-ring (bicyclic) bond motifs is 1. The summed E-state index contributed by atoms with van der Waals surface area (Å²) in [4.78, 5) is 25.1. The maximum atomic E-state index is 13.3. The average Bonchev–Trinajstić information content (AvgIpc) is 3.61. The van der Waals surface area contributed by atoms with Gasteiger partial charge in [-0.15, -0.1) is 6.58 Å². The lowest BCUT2D eigenvalue weighted by molar-refractivity contribution is -0.122. The number of carbonyl (C=O) groups excluding carboxylic acids is 1. The largest absolute Gasteiger partial charge is 0.371 e. The number of amides is 1. The summed E-state index contributed by atoms with van der Waals surface area (Å²) in [6.07, 6.45) is 2.62. The minimum Gasteiger partial charge on any atom is -0.371 e.